The van der Waals surface area contributed by atoms with Gasteiger partial charge in [-0.25, -0.2) is 4.68 Å². The highest BCUT2D eigenvalue weighted by Crippen LogP contribution is 2.49. The Morgan fingerprint density at radius 2 is 1.47 bits per heavy atom. The number of hydrogen-bond acceptors (Lipinski definition) is 6. The number of benzene rings is 3. The standard InChI is InChI=1S/C22H17N3O7S2/c26-20-12-13-24(14-8-10-15(11-9-14)33(27,28)29)25(20)23-19-7-3-6-17-16-4-1-2-5-18(16)22(21(17)19)34(30,31)32/h1-13,22-23H,(H,27,28,29)(H,30,31,32). The van der Waals surface area contributed by atoms with Gasteiger partial charge in [-0.05, 0) is 47.0 Å². The molecule has 0 amide bonds. The third-order valence-electron chi connectivity index (χ3n) is 5.61. The van der Waals surface area contributed by atoms with Gasteiger partial charge in [0.2, 0.25) is 0 Å². The van der Waals surface area contributed by atoms with Crippen LogP contribution >= 0.6 is 0 Å². The highest BCUT2D eigenvalue weighted by molar-refractivity contribution is 7.86. The molecule has 3 aromatic carbocycles. The molecule has 1 aliphatic rings. The predicted molar refractivity (Wildman–Crippen MR) is 124 cm³/mol. The molecule has 10 nitrogen and oxygen atoms in total. The van der Waals surface area contributed by atoms with Crippen molar-refractivity contribution in [1.29, 1.82) is 0 Å². The zero-order chi connectivity index (χ0) is 24.3. The van der Waals surface area contributed by atoms with E-state index in [0.29, 0.717) is 27.9 Å². The summed E-state index contributed by atoms with van der Waals surface area (Å²) in [5.41, 5.74) is 5.12. The van der Waals surface area contributed by atoms with Crippen molar-refractivity contribution in [3.8, 4) is 16.8 Å². The Kier molecular flexibility index (Phi) is 4.98. The van der Waals surface area contributed by atoms with Crippen LogP contribution in [0.15, 0.2) is 88.7 Å². The molecule has 1 unspecified atom stereocenters. The van der Waals surface area contributed by atoms with Gasteiger partial charge < -0.3 is 0 Å². The lowest BCUT2D eigenvalue weighted by atomic mass is 10.1. The van der Waals surface area contributed by atoms with Gasteiger partial charge >= 0.3 is 0 Å². The van der Waals surface area contributed by atoms with Crippen molar-refractivity contribution in [2.75, 3.05) is 5.43 Å². The molecule has 0 saturated carbocycles. The maximum Gasteiger partial charge on any atom is 0.294 e. The molecule has 0 bridgehead atoms. The van der Waals surface area contributed by atoms with Crippen LogP contribution in [-0.2, 0) is 20.2 Å². The van der Waals surface area contributed by atoms with E-state index >= 15 is 0 Å². The third-order valence-corrected chi connectivity index (χ3v) is 7.56. The highest BCUT2D eigenvalue weighted by atomic mass is 32.2. The quantitative estimate of drug-likeness (QED) is 0.355. The molecule has 0 aliphatic heterocycles. The summed E-state index contributed by atoms with van der Waals surface area (Å²) >= 11 is 0. The zero-order valence-corrected chi connectivity index (χ0v) is 18.9. The number of rotatable bonds is 5. The molecule has 0 saturated heterocycles. The first-order valence-corrected chi connectivity index (χ1v) is 12.8. The molecule has 174 valence electrons. The molecule has 0 fully saturated rings. The number of anilines is 1. The van der Waals surface area contributed by atoms with Gasteiger partial charge in [0.05, 0.1) is 16.3 Å². The van der Waals surface area contributed by atoms with Crippen LogP contribution in [0.3, 0.4) is 0 Å². The van der Waals surface area contributed by atoms with Crippen LogP contribution in [0.4, 0.5) is 5.69 Å². The fourth-order valence-corrected chi connectivity index (χ4v) is 5.75. The van der Waals surface area contributed by atoms with Crippen molar-refractivity contribution in [3.63, 3.8) is 0 Å². The number of hydrogen-bond donors (Lipinski definition) is 3. The minimum absolute atomic E-state index is 0.285. The summed E-state index contributed by atoms with van der Waals surface area (Å²) in [4.78, 5) is 13.4. The van der Waals surface area contributed by atoms with E-state index in [4.69, 9.17) is 0 Å². The molecule has 0 spiro atoms. The Labute approximate surface area is 194 Å². The van der Waals surface area contributed by atoms with Gasteiger partial charge in [0.25, 0.3) is 25.8 Å². The van der Waals surface area contributed by atoms with Crippen LogP contribution < -0.4 is 11.0 Å². The third kappa shape index (κ3) is 3.62. The average Bonchev–Trinajstić information content (AvgIpc) is 3.32. The molecule has 12 heteroatoms. The van der Waals surface area contributed by atoms with Gasteiger partial charge in [-0.1, -0.05) is 36.4 Å². The van der Waals surface area contributed by atoms with E-state index in [2.05, 4.69) is 5.43 Å². The summed E-state index contributed by atoms with van der Waals surface area (Å²) in [6.07, 6.45) is 1.44. The van der Waals surface area contributed by atoms with Crippen LogP contribution in [0.5, 0.6) is 0 Å². The topological polar surface area (TPSA) is 148 Å². The van der Waals surface area contributed by atoms with E-state index in [1.807, 2.05) is 0 Å². The lowest BCUT2D eigenvalue weighted by molar-refractivity contribution is 0.475. The second-order valence-electron chi connectivity index (χ2n) is 7.64. The second kappa shape index (κ2) is 7.67. The lowest BCUT2D eigenvalue weighted by Gasteiger charge is -2.18. The molecule has 1 atom stereocenters. The van der Waals surface area contributed by atoms with E-state index < -0.39 is 31.0 Å². The number of nitrogens with zero attached hydrogens (tertiary/aromatic N) is 2. The minimum Gasteiger partial charge on any atom is -0.285 e. The highest BCUT2D eigenvalue weighted by Gasteiger charge is 2.39. The van der Waals surface area contributed by atoms with Crippen molar-refractivity contribution < 1.29 is 25.9 Å². The van der Waals surface area contributed by atoms with Crippen molar-refractivity contribution >= 4 is 25.9 Å². The molecule has 0 radical (unpaired) electrons. The van der Waals surface area contributed by atoms with Crippen LogP contribution in [0.1, 0.15) is 16.4 Å². The number of fused-ring (bicyclic) bond motifs is 3. The van der Waals surface area contributed by atoms with E-state index in [1.165, 1.54) is 41.2 Å². The summed E-state index contributed by atoms with van der Waals surface area (Å²) in [7, 11) is -8.92. The second-order valence-corrected chi connectivity index (χ2v) is 10.6. The van der Waals surface area contributed by atoms with Gasteiger partial charge in [-0.2, -0.15) is 21.6 Å². The van der Waals surface area contributed by atoms with E-state index in [0.717, 1.165) is 4.79 Å². The molecule has 34 heavy (non-hydrogen) atoms. The van der Waals surface area contributed by atoms with Crippen LogP contribution in [0.2, 0.25) is 0 Å². The Hall–Kier alpha value is -3.71. The lowest BCUT2D eigenvalue weighted by Crippen LogP contribution is -2.29. The molecule has 5 rings (SSSR count). The average molecular weight is 500 g/mol. The van der Waals surface area contributed by atoms with Crippen LogP contribution in [0, 0.1) is 0 Å². The normalized spacial score (nSPS) is 15.1. The molecular formula is C22H17N3O7S2. The van der Waals surface area contributed by atoms with E-state index in [9.17, 15) is 30.7 Å². The number of nitrogens with one attached hydrogen (secondary N) is 1. The van der Waals surface area contributed by atoms with Crippen molar-refractivity contribution in [1.82, 2.24) is 9.47 Å². The van der Waals surface area contributed by atoms with Crippen LogP contribution in [-0.4, -0.2) is 35.4 Å². The summed E-state index contributed by atoms with van der Waals surface area (Å²) < 4.78 is 68.0. The molecule has 1 heterocycles. The molecule has 4 aromatic rings. The Balaban J connectivity index is 1.63. The van der Waals surface area contributed by atoms with Crippen LogP contribution in [0.25, 0.3) is 16.8 Å². The van der Waals surface area contributed by atoms with Crippen molar-refractivity contribution in [2.24, 2.45) is 0 Å². The summed E-state index contributed by atoms with van der Waals surface area (Å²) in [5.74, 6) is 0. The zero-order valence-electron chi connectivity index (χ0n) is 17.2. The van der Waals surface area contributed by atoms with Gasteiger partial charge in [-0.3, -0.25) is 19.3 Å². The largest absolute Gasteiger partial charge is 0.294 e. The first-order valence-electron chi connectivity index (χ1n) is 9.90. The maximum atomic E-state index is 12.6. The van der Waals surface area contributed by atoms with E-state index in [1.54, 1.807) is 42.5 Å². The molecule has 3 N–H and O–H groups in total. The minimum atomic E-state index is -4.54. The van der Waals surface area contributed by atoms with Crippen molar-refractivity contribution in [3.05, 3.63) is 100 Å². The van der Waals surface area contributed by atoms with E-state index in [-0.39, 0.29) is 10.6 Å². The number of aromatic nitrogens is 2. The predicted octanol–water partition coefficient (Wildman–Crippen LogP) is 2.72. The fraction of sp³-hybridized carbons (Fsp3) is 0.0455. The summed E-state index contributed by atoms with van der Waals surface area (Å²) in [6, 6.07) is 18.3. The maximum absolute atomic E-state index is 12.6. The molecular weight excluding hydrogens is 482 g/mol. The Bertz CT molecular complexity index is 1700. The smallest absolute Gasteiger partial charge is 0.285 e. The molecule has 1 aromatic heterocycles. The fourth-order valence-electron chi connectivity index (χ4n) is 4.19. The van der Waals surface area contributed by atoms with Gasteiger partial charge in [-0.15, -0.1) is 0 Å². The van der Waals surface area contributed by atoms with Gasteiger partial charge in [0.15, 0.2) is 0 Å². The monoisotopic (exact) mass is 499 g/mol. The first kappa shape index (κ1) is 22.1. The summed E-state index contributed by atoms with van der Waals surface area (Å²) in [5, 5.41) is -1.34. The van der Waals surface area contributed by atoms with Crippen molar-refractivity contribution in [2.45, 2.75) is 10.1 Å². The summed E-state index contributed by atoms with van der Waals surface area (Å²) in [6.45, 7) is 0. The Morgan fingerprint density at radius 1 is 0.794 bits per heavy atom. The van der Waals surface area contributed by atoms with Gasteiger partial charge in [0.1, 0.15) is 5.25 Å². The SMILES string of the molecule is O=c1ccn(-c2ccc(S(=O)(=O)O)cc2)n1Nc1cccc2c1C(S(=O)(=O)O)c1ccccc1-2. The van der Waals surface area contributed by atoms with Gasteiger partial charge in [0, 0.05) is 17.8 Å². The Morgan fingerprint density at radius 3 is 2.15 bits per heavy atom. The first-order chi connectivity index (χ1) is 16.1. The molecule has 1 aliphatic carbocycles.